The monoisotopic (exact) mass is 233 g/mol. The zero-order chi connectivity index (χ0) is 12.6. The maximum absolute atomic E-state index is 11.2. The second-order valence-corrected chi connectivity index (χ2v) is 4.23. The lowest BCUT2D eigenvalue weighted by atomic mass is 10.2. The molecule has 1 aromatic carbocycles. The number of hydrogen-bond acceptors (Lipinski definition) is 2. The Morgan fingerprint density at radius 3 is 2.65 bits per heavy atom. The van der Waals surface area contributed by atoms with Crippen molar-refractivity contribution in [1.29, 1.82) is 0 Å². The summed E-state index contributed by atoms with van der Waals surface area (Å²) in [5, 5.41) is 9.90. The maximum atomic E-state index is 11.2. The molecule has 0 radical (unpaired) electrons. The van der Waals surface area contributed by atoms with Crippen molar-refractivity contribution < 1.29 is 14.6 Å². The van der Waals surface area contributed by atoms with Crippen molar-refractivity contribution in [3.8, 4) is 5.75 Å². The Morgan fingerprint density at radius 2 is 2.12 bits per heavy atom. The molecule has 0 atom stereocenters. The summed E-state index contributed by atoms with van der Waals surface area (Å²) < 4.78 is 7.11. The molecule has 1 heterocycles. The molecular weight excluding hydrogens is 218 g/mol. The van der Waals surface area contributed by atoms with Crippen LogP contribution < -0.4 is 4.74 Å². The predicted octanol–water partition coefficient (Wildman–Crippen LogP) is 2.93. The van der Waals surface area contributed by atoms with E-state index in [2.05, 4.69) is 0 Å². The van der Waals surface area contributed by atoms with E-state index < -0.39 is 5.97 Å². The Kier molecular flexibility index (Phi) is 2.79. The molecule has 0 aliphatic rings. The van der Waals surface area contributed by atoms with Crippen LogP contribution in [0.2, 0.25) is 0 Å². The minimum atomic E-state index is -0.903. The number of rotatable bonds is 3. The number of fused-ring (bicyclic) bond motifs is 1. The van der Waals surface area contributed by atoms with Gasteiger partial charge < -0.3 is 14.4 Å². The third-order valence-corrected chi connectivity index (χ3v) is 2.83. The Hall–Kier alpha value is -1.97. The van der Waals surface area contributed by atoms with Gasteiger partial charge in [-0.05, 0) is 26.0 Å². The molecule has 17 heavy (non-hydrogen) atoms. The highest BCUT2D eigenvalue weighted by atomic mass is 16.5. The van der Waals surface area contributed by atoms with Crippen molar-refractivity contribution in [2.24, 2.45) is 0 Å². The number of nitrogens with zero attached hydrogens (tertiary/aromatic N) is 1. The number of carboxylic acid groups (broad SMARTS) is 1. The van der Waals surface area contributed by atoms with Gasteiger partial charge in [0, 0.05) is 23.7 Å². The third-order valence-electron chi connectivity index (χ3n) is 2.83. The molecule has 0 saturated carbocycles. The van der Waals surface area contributed by atoms with Gasteiger partial charge in [-0.2, -0.15) is 0 Å². The number of ether oxygens (including phenoxy) is 1. The molecule has 2 rings (SSSR count). The summed E-state index contributed by atoms with van der Waals surface area (Å²) in [6, 6.07) is 5.63. The van der Waals surface area contributed by atoms with Gasteiger partial charge in [-0.15, -0.1) is 0 Å². The molecule has 90 valence electrons. The second-order valence-electron chi connectivity index (χ2n) is 4.23. The van der Waals surface area contributed by atoms with Crippen molar-refractivity contribution in [2.45, 2.75) is 19.9 Å². The van der Waals surface area contributed by atoms with Gasteiger partial charge in [-0.1, -0.05) is 0 Å². The minimum Gasteiger partial charge on any atom is -0.497 e. The summed E-state index contributed by atoms with van der Waals surface area (Å²) in [5.74, 6) is -0.172. The van der Waals surface area contributed by atoms with Crippen LogP contribution in [-0.4, -0.2) is 22.8 Å². The van der Waals surface area contributed by atoms with Crippen LogP contribution in [0, 0.1) is 0 Å². The van der Waals surface area contributed by atoms with Gasteiger partial charge in [-0.25, -0.2) is 4.79 Å². The van der Waals surface area contributed by atoms with E-state index in [9.17, 15) is 4.79 Å². The normalized spacial score (nSPS) is 11.1. The molecule has 0 unspecified atom stereocenters. The van der Waals surface area contributed by atoms with Crippen LogP contribution in [0.5, 0.6) is 5.75 Å². The fourth-order valence-corrected chi connectivity index (χ4v) is 1.96. The number of benzene rings is 1. The molecule has 4 heteroatoms. The molecule has 0 bridgehead atoms. The van der Waals surface area contributed by atoms with Gasteiger partial charge in [-0.3, -0.25) is 0 Å². The number of carboxylic acids is 1. The quantitative estimate of drug-likeness (QED) is 0.886. The van der Waals surface area contributed by atoms with Crippen LogP contribution in [0.4, 0.5) is 0 Å². The van der Waals surface area contributed by atoms with Crippen LogP contribution >= 0.6 is 0 Å². The van der Waals surface area contributed by atoms with Gasteiger partial charge in [0.25, 0.3) is 0 Å². The highest BCUT2D eigenvalue weighted by Crippen LogP contribution is 2.28. The molecule has 1 N–H and O–H groups in total. The molecule has 1 aromatic heterocycles. The smallest absolute Gasteiger partial charge is 0.337 e. The SMILES string of the molecule is COc1ccc2c(C(=O)O)cn(C(C)C)c2c1. The first-order chi connectivity index (χ1) is 8.04. The Morgan fingerprint density at radius 1 is 1.41 bits per heavy atom. The van der Waals surface area contributed by atoms with Crippen molar-refractivity contribution in [3.05, 3.63) is 30.0 Å². The first-order valence-corrected chi connectivity index (χ1v) is 5.46. The van der Waals surface area contributed by atoms with Crippen molar-refractivity contribution in [1.82, 2.24) is 4.57 Å². The third kappa shape index (κ3) is 1.86. The highest BCUT2D eigenvalue weighted by Gasteiger charge is 2.15. The maximum Gasteiger partial charge on any atom is 0.337 e. The summed E-state index contributed by atoms with van der Waals surface area (Å²) in [5.41, 5.74) is 1.22. The van der Waals surface area contributed by atoms with E-state index in [-0.39, 0.29) is 6.04 Å². The number of aromatic carboxylic acids is 1. The molecule has 0 fully saturated rings. The van der Waals surface area contributed by atoms with Gasteiger partial charge in [0.15, 0.2) is 0 Å². The van der Waals surface area contributed by atoms with Gasteiger partial charge in [0.1, 0.15) is 5.75 Å². The molecule has 0 spiro atoms. The highest BCUT2D eigenvalue weighted by molar-refractivity contribution is 6.03. The molecule has 0 aliphatic carbocycles. The fourth-order valence-electron chi connectivity index (χ4n) is 1.96. The number of aromatic nitrogens is 1. The summed E-state index contributed by atoms with van der Waals surface area (Å²) in [7, 11) is 1.60. The van der Waals surface area contributed by atoms with Crippen LogP contribution in [0.1, 0.15) is 30.2 Å². The summed E-state index contributed by atoms with van der Waals surface area (Å²) in [4.78, 5) is 11.2. The van der Waals surface area contributed by atoms with Gasteiger partial charge in [0.05, 0.1) is 18.2 Å². The van der Waals surface area contributed by atoms with E-state index in [0.717, 1.165) is 16.7 Å². The van der Waals surface area contributed by atoms with Crippen molar-refractivity contribution >= 4 is 16.9 Å². The van der Waals surface area contributed by atoms with Crippen LogP contribution in [0.15, 0.2) is 24.4 Å². The summed E-state index contributed by atoms with van der Waals surface area (Å²) >= 11 is 0. The van der Waals surface area contributed by atoms with E-state index in [1.807, 2.05) is 24.5 Å². The van der Waals surface area contributed by atoms with E-state index in [1.54, 1.807) is 25.4 Å². The largest absolute Gasteiger partial charge is 0.497 e. The summed E-state index contributed by atoms with van der Waals surface area (Å²) in [6.07, 6.45) is 1.68. The number of carbonyl (C=O) groups is 1. The number of methoxy groups -OCH3 is 1. The zero-order valence-corrected chi connectivity index (χ0v) is 10.1. The predicted molar refractivity (Wildman–Crippen MR) is 65.8 cm³/mol. The first kappa shape index (κ1) is 11.5. The second kappa shape index (κ2) is 4.13. The Bertz CT molecular complexity index is 569. The minimum absolute atomic E-state index is 0.206. The molecule has 0 amide bonds. The Balaban J connectivity index is 2.76. The molecular formula is C13H15NO3. The van der Waals surface area contributed by atoms with Crippen LogP contribution in [0.25, 0.3) is 10.9 Å². The van der Waals surface area contributed by atoms with E-state index in [0.29, 0.717) is 5.56 Å². The van der Waals surface area contributed by atoms with E-state index in [1.165, 1.54) is 0 Å². The van der Waals surface area contributed by atoms with Crippen molar-refractivity contribution in [2.75, 3.05) is 7.11 Å². The molecule has 4 nitrogen and oxygen atoms in total. The standard InChI is InChI=1S/C13H15NO3/c1-8(2)14-7-11(13(15)16)10-5-4-9(17-3)6-12(10)14/h4-8H,1-3H3,(H,15,16). The fraction of sp³-hybridized carbons (Fsp3) is 0.308. The van der Waals surface area contributed by atoms with E-state index in [4.69, 9.17) is 9.84 Å². The Labute approximate surface area is 99.4 Å². The first-order valence-electron chi connectivity index (χ1n) is 5.46. The number of hydrogen-bond donors (Lipinski definition) is 1. The average Bonchev–Trinajstić information content (AvgIpc) is 2.67. The average molecular weight is 233 g/mol. The topological polar surface area (TPSA) is 51.5 Å². The lowest BCUT2D eigenvalue weighted by Crippen LogP contribution is -1.99. The van der Waals surface area contributed by atoms with Gasteiger partial charge >= 0.3 is 5.97 Å². The summed E-state index contributed by atoms with van der Waals surface area (Å²) in [6.45, 7) is 4.04. The van der Waals surface area contributed by atoms with Crippen molar-refractivity contribution in [3.63, 3.8) is 0 Å². The molecule has 0 aliphatic heterocycles. The lowest BCUT2D eigenvalue weighted by molar-refractivity contribution is 0.0699. The lowest BCUT2D eigenvalue weighted by Gasteiger charge is -2.09. The van der Waals surface area contributed by atoms with Crippen LogP contribution in [-0.2, 0) is 0 Å². The van der Waals surface area contributed by atoms with Crippen LogP contribution in [0.3, 0.4) is 0 Å². The molecule has 2 aromatic rings. The zero-order valence-electron chi connectivity index (χ0n) is 10.1. The molecule has 0 saturated heterocycles. The van der Waals surface area contributed by atoms with Gasteiger partial charge in [0.2, 0.25) is 0 Å². The van der Waals surface area contributed by atoms with E-state index >= 15 is 0 Å².